The molecule has 13 heavy (non-hydrogen) atoms. The van der Waals surface area contributed by atoms with Crippen molar-refractivity contribution in [3.05, 3.63) is 11.6 Å². The number of allylic oxidation sites excluding steroid dienone is 1. The van der Waals surface area contributed by atoms with E-state index in [9.17, 15) is 5.11 Å². The molecule has 1 aliphatic heterocycles. The van der Waals surface area contributed by atoms with Crippen molar-refractivity contribution in [1.82, 2.24) is 0 Å². The van der Waals surface area contributed by atoms with Crippen LogP contribution in [-0.4, -0.2) is 24.3 Å². The fourth-order valence-corrected chi connectivity index (χ4v) is 1.28. The van der Waals surface area contributed by atoms with E-state index in [1.165, 1.54) is 0 Å². The lowest BCUT2D eigenvalue weighted by Gasteiger charge is -2.20. The van der Waals surface area contributed by atoms with E-state index in [4.69, 9.17) is 9.47 Å². The Balaban J connectivity index is 2.44. The van der Waals surface area contributed by atoms with Crippen LogP contribution in [0.3, 0.4) is 0 Å². The average Bonchev–Trinajstić information content (AvgIpc) is 2.54. The zero-order chi connectivity index (χ0) is 9.73. The highest BCUT2D eigenvalue weighted by Crippen LogP contribution is 2.24. The van der Waals surface area contributed by atoms with Crippen LogP contribution >= 0.6 is 0 Å². The van der Waals surface area contributed by atoms with Gasteiger partial charge in [0.15, 0.2) is 0 Å². The Morgan fingerprint density at radius 3 is 2.62 bits per heavy atom. The van der Waals surface area contributed by atoms with E-state index < -0.39 is 5.97 Å². The summed E-state index contributed by atoms with van der Waals surface area (Å²) >= 11 is 0. The van der Waals surface area contributed by atoms with Gasteiger partial charge in [-0.25, -0.2) is 0 Å². The van der Waals surface area contributed by atoms with Crippen molar-refractivity contribution in [1.29, 1.82) is 0 Å². The Kier molecular flexibility index (Phi) is 3.90. The molecule has 0 bridgehead atoms. The topological polar surface area (TPSA) is 38.7 Å². The van der Waals surface area contributed by atoms with Crippen LogP contribution in [0.15, 0.2) is 11.6 Å². The molecule has 1 heterocycles. The zero-order valence-corrected chi connectivity index (χ0v) is 8.38. The number of hydrogen-bond acceptors (Lipinski definition) is 3. The van der Waals surface area contributed by atoms with Crippen LogP contribution in [0.25, 0.3) is 0 Å². The van der Waals surface area contributed by atoms with Crippen molar-refractivity contribution in [2.45, 2.75) is 39.1 Å². The molecule has 0 aromatic rings. The fourth-order valence-electron chi connectivity index (χ4n) is 1.28. The molecular weight excluding hydrogens is 168 g/mol. The van der Waals surface area contributed by atoms with Crippen LogP contribution in [0.2, 0.25) is 0 Å². The highest BCUT2D eigenvalue weighted by Gasteiger charge is 2.35. The molecule has 1 aliphatic rings. The van der Waals surface area contributed by atoms with Gasteiger partial charge in [0.25, 0.3) is 0 Å². The molecular formula is C10H18O3. The van der Waals surface area contributed by atoms with E-state index in [0.29, 0.717) is 13.2 Å². The predicted molar refractivity (Wildman–Crippen MR) is 50.1 cm³/mol. The summed E-state index contributed by atoms with van der Waals surface area (Å²) in [5, 5.41) is 9.75. The molecule has 0 aromatic heterocycles. The smallest absolute Gasteiger partial charge is 0.305 e. The van der Waals surface area contributed by atoms with E-state index in [0.717, 1.165) is 24.8 Å². The molecule has 76 valence electrons. The number of unbranched alkanes of at least 4 members (excludes halogenated alkanes) is 2. The third-order valence-corrected chi connectivity index (χ3v) is 2.19. The predicted octanol–water partition coefficient (Wildman–Crippen LogP) is 1.82. The van der Waals surface area contributed by atoms with Crippen LogP contribution in [0.4, 0.5) is 0 Å². The number of rotatable bonds is 4. The maximum atomic E-state index is 9.75. The summed E-state index contributed by atoms with van der Waals surface area (Å²) < 4.78 is 10.2. The summed E-state index contributed by atoms with van der Waals surface area (Å²) in [6, 6.07) is 0. The van der Waals surface area contributed by atoms with Gasteiger partial charge in [-0.05, 0) is 13.3 Å². The van der Waals surface area contributed by atoms with Gasteiger partial charge in [-0.1, -0.05) is 25.8 Å². The van der Waals surface area contributed by atoms with Crippen molar-refractivity contribution in [3.63, 3.8) is 0 Å². The van der Waals surface area contributed by atoms with Gasteiger partial charge in [-0.15, -0.1) is 0 Å². The zero-order valence-electron chi connectivity index (χ0n) is 8.38. The SMILES string of the molecule is CCCCC=C(C)C1(O)OCCO1. The van der Waals surface area contributed by atoms with Crippen LogP contribution in [0.5, 0.6) is 0 Å². The standard InChI is InChI=1S/C10H18O3/c1-3-4-5-6-9(2)10(11)12-7-8-13-10/h6,11H,3-5,7-8H2,1-2H3. The normalized spacial score (nSPS) is 22.2. The Bertz CT molecular complexity index is 181. The van der Waals surface area contributed by atoms with Crippen molar-refractivity contribution < 1.29 is 14.6 Å². The molecule has 3 heteroatoms. The Morgan fingerprint density at radius 1 is 1.46 bits per heavy atom. The summed E-state index contributed by atoms with van der Waals surface area (Å²) in [6.45, 7) is 4.91. The van der Waals surface area contributed by atoms with E-state index in [1.54, 1.807) is 0 Å². The molecule has 0 aromatic carbocycles. The molecule has 3 nitrogen and oxygen atoms in total. The van der Waals surface area contributed by atoms with Crippen LogP contribution in [0.1, 0.15) is 33.1 Å². The lowest BCUT2D eigenvalue weighted by Crippen LogP contribution is -2.30. The van der Waals surface area contributed by atoms with Gasteiger partial charge in [-0.3, -0.25) is 0 Å². The van der Waals surface area contributed by atoms with Crippen molar-refractivity contribution in [2.24, 2.45) is 0 Å². The highest BCUT2D eigenvalue weighted by molar-refractivity contribution is 5.06. The first kappa shape index (κ1) is 10.7. The first-order chi connectivity index (χ1) is 6.19. The third-order valence-electron chi connectivity index (χ3n) is 2.19. The second kappa shape index (κ2) is 4.74. The minimum Gasteiger partial charge on any atom is -0.340 e. The van der Waals surface area contributed by atoms with Crippen molar-refractivity contribution >= 4 is 0 Å². The molecule has 0 amide bonds. The van der Waals surface area contributed by atoms with Crippen LogP contribution < -0.4 is 0 Å². The Morgan fingerprint density at radius 2 is 2.08 bits per heavy atom. The molecule has 0 aliphatic carbocycles. The fraction of sp³-hybridized carbons (Fsp3) is 0.800. The van der Waals surface area contributed by atoms with Gasteiger partial charge in [0.2, 0.25) is 0 Å². The molecule has 1 N–H and O–H groups in total. The van der Waals surface area contributed by atoms with Gasteiger partial charge in [-0.2, -0.15) is 0 Å². The van der Waals surface area contributed by atoms with Gasteiger partial charge in [0.1, 0.15) is 0 Å². The second-order valence-corrected chi connectivity index (χ2v) is 3.31. The second-order valence-electron chi connectivity index (χ2n) is 3.31. The quantitative estimate of drug-likeness (QED) is 0.537. The maximum absolute atomic E-state index is 9.75. The van der Waals surface area contributed by atoms with Gasteiger partial charge in [0, 0.05) is 5.57 Å². The first-order valence-electron chi connectivity index (χ1n) is 4.86. The molecule has 0 unspecified atom stereocenters. The third kappa shape index (κ3) is 2.79. The van der Waals surface area contributed by atoms with Crippen LogP contribution in [0, 0.1) is 0 Å². The molecule has 0 radical (unpaired) electrons. The highest BCUT2D eigenvalue weighted by atomic mass is 16.8. The number of hydrogen-bond donors (Lipinski definition) is 1. The molecule has 1 rings (SSSR count). The number of aliphatic hydroxyl groups is 1. The monoisotopic (exact) mass is 186 g/mol. The summed E-state index contributed by atoms with van der Waals surface area (Å²) in [5.74, 6) is -1.44. The molecule has 1 saturated heterocycles. The summed E-state index contributed by atoms with van der Waals surface area (Å²) in [4.78, 5) is 0. The van der Waals surface area contributed by atoms with Gasteiger partial charge >= 0.3 is 5.97 Å². The van der Waals surface area contributed by atoms with E-state index in [2.05, 4.69) is 6.92 Å². The summed E-state index contributed by atoms with van der Waals surface area (Å²) in [6.07, 6.45) is 5.24. The van der Waals surface area contributed by atoms with Crippen molar-refractivity contribution in [2.75, 3.05) is 13.2 Å². The minimum atomic E-state index is -1.44. The van der Waals surface area contributed by atoms with Gasteiger partial charge in [0.05, 0.1) is 13.2 Å². The van der Waals surface area contributed by atoms with Gasteiger partial charge < -0.3 is 14.6 Å². The summed E-state index contributed by atoms with van der Waals surface area (Å²) in [7, 11) is 0. The Hall–Kier alpha value is -0.380. The average molecular weight is 186 g/mol. The lowest BCUT2D eigenvalue weighted by atomic mass is 10.1. The largest absolute Gasteiger partial charge is 0.340 e. The van der Waals surface area contributed by atoms with Crippen LogP contribution in [-0.2, 0) is 9.47 Å². The van der Waals surface area contributed by atoms with E-state index >= 15 is 0 Å². The summed E-state index contributed by atoms with van der Waals surface area (Å²) in [5.41, 5.74) is 0.762. The van der Waals surface area contributed by atoms with Crippen molar-refractivity contribution in [3.8, 4) is 0 Å². The van der Waals surface area contributed by atoms with E-state index in [1.807, 2.05) is 13.0 Å². The van der Waals surface area contributed by atoms with E-state index in [-0.39, 0.29) is 0 Å². The first-order valence-corrected chi connectivity index (χ1v) is 4.86. The Labute approximate surface area is 79.3 Å². The minimum absolute atomic E-state index is 0.468. The molecule has 0 spiro atoms. The number of ether oxygens (including phenoxy) is 2. The lowest BCUT2D eigenvalue weighted by molar-refractivity contribution is -0.276. The molecule has 0 atom stereocenters. The molecule has 1 fully saturated rings. The maximum Gasteiger partial charge on any atom is 0.305 e. The molecule has 0 saturated carbocycles.